The summed E-state index contributed by atoms with van der Waals surface area (Å²) in [6.45, 7) is 1.34. The van der Waals surface area contributed by atoms with E-state index in [-0.39, 0.29) is 12.0 Å². The number of piperidine rings is 1. The van der Waals surface area contributed by atoms with Crippen molar-refractivity contribution >= 4 is 10.2 Å². The second-order valence-electron chi connectivity index (χ2n) is 6.50. The molecule has 142 valence electrons. The molecule has 1 fully saturated rings. The van der Waals surface area contributed by atoms with Gasteiger partial charge in [0.25, 0.3) is 10.2 Å². The lowest BCUT2D eigenvalue weighted by molar-refractivity contribution is 0.0602. The van der Waals surface area contributed by atoms with E-state index in [2.05, 4.69) is 4.72 Å². The molecule has 1 atom stereocenters. The summed E-state index contributed by atoms with van der Waals surface area (Å²) in [5, 5.41) is 0. The summed E-state index contributed by atoms with van der Waals surface area (Å²) in [5.41, 5.74) is 1.11. The summed E-state index contributed by atoms with van der Waals surface area (Å²) < 4.78 is 40.2. The van der Waals surface area contributed by atoms with Gasteiger partial charge < -0.3 is 9.15 Å². The highest BCUT2D eigenvalue weighted by Gasteiger charge is 2.28. The Morgan fingerprint density at radius 3 is 2.54 bits per heavy atom. The Balaban J connectivity index is 1.59. The molecule has 1 saturated heterocycles. The van der Waals surface area contributed by atoms with Crippen LogP contribution in [0.5, 0.6) is 0 Å². The Morgan fingerprint density at radius 1 is 1.19 bits per heavy atom. The Kier molecular flexibility index (Phi) is 6.48. The molecule has 6 nitrogen and oxygen atoms in total. The van der Waals surface area contributed by atoms with E-state index in [1.807, 2.05) is 42.5 Å². The highest BCUT2D eigenvalue weighted by molar-refractivity contribution is 7.87. The Morgan fingerprint density at radius 2 is 1.92 bits per heavy atom. The van der Waals surface area contributed by atoms with Gasteiger partial charge in [0.05, 0.1) is 12.4 Å². The molecule has 0 aliphatic carbocycles. The number of nitrogens with zero attached hydrogens (tertiary/aromatic N) is 1. The fourth-order valence-corrected chi connectivity index (χ4v) is 4.63. The monoisotopic (exact) mass is 378 g/mol. The SMILES string of the molecule is COC1CCN(S(=O)(=O)NCC[C@H](c2ccccc2)c2ccco2)CC1. The summed E-state index contributed by atoms with van der Waals surface area (Å²) >= 11 is 0. The molecule has 0 spiro atoms. The van der Waals surface area contributed by atoms with Crippen LogP contribution >= 0.6 is 0 Å². The molecule has 0 saturated carbocycles. The number of furan rings is 1. The number of rotatable bonds is 8. The Hall–Kier alpha value is -1.67. The number of hydrogen-bond acceptors (Lipinski definition) is 4. The molecule has 1 aliphatic rings. The molecular formula is C19H26N2O4S. The van der Waals surface area contributed by atoms with Crippen molar-refractivity contribution in [3.63, 3.8) is 0 Å². The summed E-state index contributed by atoms with van der Waals surface area (Å²) in [6.07, 6.45) is 3.90. The van der Waals surface area contributed by atoms with Gasteiger partial charge in [-0.2, -0.15) is 12.7 Å². The number of methoxy groups -OCH3 is 1. The topological polar surface area (TPSA) is 71.8 Å². The molecule has 2 aromatic rings. The molecule has 0 amide bonds. The standard InChI is InChI=1S/C19H26N2O4S/c1-24-17-10-13-21(14-11-17)26(22,23)20-12-9-18(19-8-5-15-25-19)16-6-3-2-4-7-16/h2-8,15,17-18,20H,9-14H2,1H3/t18-/m1/s1. The van der Waals surface area contributed by atoms with E-state index in [0.717, 1.165) is 24.2 Å². The van der Waals surface area contributed by atoms with Crippen molar-refractivity contribution in [2.24, 2.45) is 0 Å². The maximum Gasteiger partial charge on any atom is 0.279 e. The van der Waals surface area contributed by atoms with Gasteiger partial charge in [-0.05, 0) is 37.0 Å². The van der Waals surface area contributed by atoms with Crippen LogP contribution in [0.25, 0.3) is 0 Å². The van der Waals surface area contributed by atoms with E-state index in [1.165, 1.54) is 4.31 Å². The highest BCUT2D eigenvalue weighted by atomic mass is 32.2. The van der Waals surface area contributed by atoms with Crippen LogP contribution in [0.2, 0.25) is 0 Å². The zero-order valence-electron chi connectivity index (χ0n) is 15.0. The van der Waals surface area contributed by atoms with Crippen molar-refractivity contribution in [1.82, 2.24) is 9.03 Å². The van der Waals surface area contributed by atoms with Crippen molar-refractivity contribution < 1.29 is 17.6 Å². The van der Waals surface area contributed by atoms with E-state index in [9.17, 15) is 8.42 Å². The predicted octanol–water partition coefficient (Wildman–Crippen LogP) is 2.75. The molecule has 1 aromatic carbocycles. The average molecular weight is 378 g/mol. The largest absolute Gasteiger partial charge is 0.469 e. The lowest BCUT2D eigenvalue weighted by atomic mass is 9.93. The van der Waals surface area contributed by atoms with Crippen molar-refractivity contribution in [3.05, 3.63) is 60.1 Å². The molecular weight excluding hydrogens is 352 g/mol. The van der Waals surface area contributed by atoms with Crippen molar-refractivity contribution in [1.29, 1.82) is 0 Å². The van der Waals surface area contributed by atoms with Crippen LogP contribution in [0.3, 0.4) is 0 Å². The van der Waals surface area contributed by atoms with Gasteiger partial charge in [-0.3, -0.25) is 0 Å². The molecule has 3 rings (SSSR count). The number of ether oxygens (including phenoxy) is 1. The van der Waals surface area contributed by atoms with Gasteiger partial charge in [0.2, 0.25) is 0 Å². The quantitative estimate of drug-likeness (QED) is 0.767. The zero-order valence-corrected chi connectivity index (χ0v) is 15.8. The minimum Gasteiger partial charge on any atom is -0.469 e. The maximum absolute atomic E-state index is 12.5. The van der Waals surface area contributed by atoms with E-state index >= 15 is 0 Å². The third kappa shape index (κ3) is 4.73. The van der Waals surface area contributed by atoms with Gasteiger partial charge in [-0.1, -0.05) is 30.3 Å². The third-order valence-electron chi connectivity index (χ3n) is 4.88. The molecule has 1 aromatic heterocycles. The lowest BCUT2D eigenvalue weighted by Crippen LogP contribution is -2.46. The average Bonchev–Trinajstić information content (AvgIpc) is 3.20. The van der Waals surface area contributed by atoms with Gasteiger partial charge >= 0.3 is 0 Å². The molecule has 0 radical (unpaired) electrons. The Bertz CT molecular complexity index is 754. The van der Waals surface area contributed by atoms with Crippen LogP contribution in [0.4, 0.5) is 0 Å². The first-order valence-electron chi connectivity index (χ1n) is 8.96. The number of hydrogen-bond donors (Lipinski definition) is 1. The van der Waals surface area contributed by atoms with Gasteiger partial charge in [0.1, 0.15) is 5.76 Å². The molecule has 0 bridgehead atoms. The summed E-state index contributed by atoms with van der Waals surface area (Å²) in [5.74, 6) is 0.865. The van der Waals surface area contributed by atoms with E-state index < -0.39 is 10.2 Å². The van der Waals surface area contributed by atoms with Crippen LogP contribution in [-0.2, 0) is 14.9 Å². The third-order valence-corrected chi connectivity index (χ3v) is 6.49. The first-order chi connectivity index (χ1) is 12.6. The molecule has 1 aliphatic heterocycles. The van der Waals surface area contributed by atoms with Crippen molar-refractivity contribution in [3.8, 4) is 0 Å². The lowest BCUT2D eigenvalue weighted by Gasteiger charge is -2.30. The van der Waals surface area contributed by atoms with Gasteiger partial charge in [0.15, 0.2) is 0 Å². The number of nitrogens with one attached hydrogen (secondary N) is 1. The minimum atomic E-state index is -3.46. The van der Waals surface area contributed by atoms with Crippen LogP contribution in [-0.4, -0.2) is 45.6 Å². The second-order valence-corrected chi connectivity index (χ2v) is 8.26. The fourth-order valence-electron chi connectivity index (χ4n) is 3.38. The van der Waals surface area contributed by atoms with Crippen LogP contribution in [0, 0.1) is 0 Å². The summed E-state index contributed by atoms with van der Waals surface area (Å²) in [6, 6.07) is 13.8. The van der Waals surface area contributed by atoms with E-state index in [4.69, 9.17) is 9.15 Å². The van der Waals surface area contributed by atoms with Crippen molar-refractivity contribution in [2.45, 2.75) is 31.3 Å². The van der Waals surface area contributed by atoms with Crippen molar-refractivity contribution in [2.75, 3.05) is 26.7 Å². The highest BCUT2D eigenvalue weighted by Crippen LogP contribution is 2.28. The predicted molar refractivity (Wildman–Crippen MR) is 100 cm³/mol. The van der Waals surface area contributed by atoms with Crippen LogP contribution in [0.1, 0.15) is 36.5 Å². The number of benzene rings is 1. The van der Waals surface area contributed by atoms with Gasteiger partial charge in [-0.15, -0.1) is 0 Å². The minimum absolute atomic E-state index is 0.0214. The van der Waals surface area contributed by atoms with Gasteiger partial charge in [0, 0.05) is 32.7 Å². The second kappa shape index (κ2) is 8.81. The normalized spacial score (nSPS) is 18.0. The first-order valence-corrected chi connectivity index (χ1v) is 10.4. The molecule has 2 heterocycles. The maximum atomic E-state index is 12.5. The van der Waals surface area contributed by atoms with Crippen LogP contribution < -0.4 is 4.72 Å². The molecule has 0 unspecified atom stereocenters. The summed E-state index contributed by atoms with van der Waals surface area (Å²) in [7, 11) is -1.79. The van der Waals surface area contributed by atoms with Gasteiger partial charge in [-0.25, -0.2) is 4.72 Å². The molecule has 26 heavy (non-hydrogen) atoms. The smallest absolute Gasteiger partial charge is 0.279 e. The van der Waals surface area contributed by atoms with Crippen LogP contribution in [0.15, 0.2) is 53.1 Å². The summed E-state index contributed by atoms with van der Waals surface area (Å²) in [4.78, 5) is 0. The van der Waals surface area contributed by atoms with E-state index in [1.54, 1.807) is 13.4 Å². The van der Waals surface area contributed by atoms with E-state index in [0.29, 0.717) is 26.1 Å². The zero-order chi connectivity index (χ0) is 18.4. The first kappa shape index (κ1) is 19.1. The molecule has 7 heteroatoms. The Labute approximate surface area is 155 Å². The fraction of sp³-hybridized carbons (Fsp3) is 0.474. The molecule has 1 N–H and O–H groups in total.